The number of esters is 1. The molecule has 0 aliphatic carbocycles. The summed E-state index contributed by atoms with van der Waals surface area (Å²) in [7, 11) is 8.50. The van der Waals surface area contributed by atoms with Crippen molar-refractivity contribution in [1.82, 2.24) is 0 Å². The Hall–Kier alpha value is -0.570. The van der Waals surface area contributed by atoms with Gasteiger partial charge in [-0.1, -0.05) is 65.2 Å². The largest absolute Gasteiger partial charge is 0.463 e. The van der Waals surface area contributed by atoms with Crippen molar-refractivity contribution in [1.29, 1.82) is 0 Å². The summed E-state index contributed by atoms with van der Waals surface area (Å²) in [6, 6.07) is 0. The molecule has 0 saturated heterocycles. The van der Waals surface area contributed by atoms with Crippen LogP contribution in [0.3, 0.4) is 0 Å². The number of rotatable bonds is 12. The van der Waals surface area contributed by atoms with Crippen LogP contribution in [0.4, 0.5) is 0 Å². The van der Waals surface area contributed by atoms with Gasteiger partial charge in [-0.2, -0.15) is 0 Å². The smallest absolute Gasteiger partial charge is 0.306 e. The molecule has 0 saturated carbocycles. The zero-order chi connectivity index (χ0) is 18.1. The van der Waals surface area contributed by atoms with Crippen LogP contribution in [-0.2, 0) is 9.53 Å². The third-order valence-corrected chi connectivity index (χ3v) is 3.28. The lowest BCUT2D eigenvalue weighted by Gasteiger charge is -2.14. The predicted octanol–water partition coefficient (Wildman–Crippen LogP) is 5.57. The average Bonchev–Trinajstić information content (AvgIpc) is 2.42. The molecule has 0 rings (SSSR count). The Bertz CT molecular complexity index is 253. The zero-order valence-electron chi connectivity index (χ0n) is 17.1. The molecule has 0 aromatic carbocycles. The maximum Gasteiger partial charge on any atom is 0.306 e. The topological polar surface area (TPSA) is 26.3 Å². The van der Waals surface area contributed by atoms with E-state index >= 15 is 0 Å². The number of quaternary nitrogens is 1. The van der Waals surface area contributed by atoms with E-state index in [0.29, 0.717) is 6.42 Å². The summed E-state index contributed by atoms with van der Waals surface area (Å²) >= 11 is 0. The Labute approximate surface area is 146 Å². The van der Waals surface area contributed by atoms with Gasteiger partial charge in [-0.05, 0) is 19.8 Å². The van der Waals surface area contributed by atoms with E-state index in [2.05, 4.69) is 42.0 Å². The first-order chi connectivity index (χ1) is 10.7. The highest BCUT2D eigenvalue weighted by molar-refractivity contribution is 5.69. The van der Waals surface area contributed by atoms with Crippen LogP contribution in [0.25, 0.3) is 0 Å². The fourth-order valence-electron chi connectivity index (χ4n) is 2.06. The van der Waals surface area contributed by atoms with Crippen LogP contribution in [-0.4, -0.2) is 44.7 Å². The highest BCUT2D eigenvalue weighted by atomic mass is 16.5. The third kappa shape index (κ3) is 30.0. The Morgan fingerprint density at radius 3 is 1.74 bits per heavy atom. The molecule has 23 heavy (non-hydrogen) atoms. The molecule has 0 aromatic rings. The van der Waals surface area contributed by atoms with E-state index < -0.39 is 0 Å². The van der Waals surface area contributed by atoms with Crippen LogP contribution in [0.15, 0.2) is 0 Å². The minimum atomic E-state index is -0.00726. The van der Waals surface area contributed by atoms with Crippen LogP contribution in [0.5, 0.6) is 0 Å². The van der Waals surface area contributed by atoms with Gasteiger partial charge in [0.15, 0.2) is 0 Å². The number of hydrogen-bond donors (Lipinski definition) is 0. The number of unbranched alkanes of at least 4 members (excludes halogenated alkanes) is 7. The fraction of sp³-hybridized carbons (Fsp3) is 0.950. The van der Waals surface area contributed by atoms with Gasteiger partial charge in [0.05, 0.1) is 34.3 Å². The number of carbonyl (C=O) groups excluding carboxylic acids is 1. The normalized spacial score (nSPS) is 12.3. The second-order valence-electron chi connectivity index (χ2n) is 8.00. The first-order valence-corrected chi connectivity index (χ1v) is 9.69. The van der Waals surface area contributed by atoms with Gasteiger partial charge >= 0.3 is 5.97 Å². The van der Waals surface area contributed by atoms with Crippen molar-refractivity contribution in [3.05, 3.63) is 0 Å². The van der Waals surface area contributed by atoms with E-state index in [-0.39, 0.29) is 12.1 Å². The van der Waals surface area contributed by atoms with Crippen molar-refractivity contribution in [2.75, 3.05) is 28.2 Å². The molecule has 3 nitrogen and oxygen atoms in total. The van der Waals surface area contributed by atoms with Crippen molar-refractivity contribution in [2.24, 2.45) is 0 Å². The first kappa shape index (κ1) is 24.7. The number of carbonyl (C=O) groups is 1. The molecule has 0 bridgehead atoms. The lowest BCUT2D eigenvalue weighted by molar-refractivity contribution is -0.849. The molecule has 0 amide bonds. The summed E-state index contributed by atoms with van der Waals surface area (Å²) in [5, 5.41) is 0. The molecular formula is C20H44NO2+. The number of nitrogens with zero attached hydrogens (tertiary/aromatic N) is 1. The number of hydrogen-bond acceptors (Lipinski definition) is 2. The summed E-state index contributed by atoms with van der Waals surface area (Å²) in [5.41, 5.74) is 0. The zero-order valence-corrected chi connectivity index (χ0v) is 17.1. The highest BCUT2D eigenvalue weighted by Crippen LogP contribution is 2.10. The second-order valence-corrected chi connectivity index (χ2v) is 8.00. The Morgan fingerprint density at radius 2 is 1.26 bits per heavy atom. The summed E-state index contributed by atoms with van der Waals surface area (Å²) < 4.78 is 6.36. The van der Waals surface area contributed by atoms with Crippen LogP contribution in [0.1, 0.15) is 91.4 Å². The van der Waals surface area contributed by atoms with Gasteiger partial charge in [0.25, 0.3) is 0 Å². The molecule has 0 aliphatic heterocycles. The molecular weight excluding hydrogens is 286 g/mol. The Morgan fingerprint density at radius 1 is 0.826 bits per heavy atom. The van der Waals surface area contributed by atoms with Crippen molar-refractivity contribution in [2.45, 2.75) is 97.5 Å². The molecule has 1 atom stereocenters. The molecule has 140 valence electrons. The lowest BCUT2D eigenvalue weighted by atomic mass is 10.1. The van der Waals surface area contributed by atoms with Crippen LogP contribution >= 0.6 is 0 Å². The molecule has 0 N–H and O–H groups in total. The van der Waals surface area contributed by atoms with Gasteiger partial charge in [0.2, 0.25) is 0 Å². The Kier molecular flexibility index (Phi) is 17.5. The molecule has 0 spiro atoms. The van der Waals surface area contributed by atoms with Gasteiger partial charge in [-0.3, -0.25) is 4.79 Å². The first-order valence-electron chi connectivity index (χ1n) is 9.69. The summed E-state index contributed by atoms with van der Waals surface area (Å²) in [6.45, 7) is 6.39. The molecule has 1 unspecified atom stereocenters. The fourth-order valence-corrected chi connectivity index (χ4v) is 2.06. The van der Waals surface area contributed by atoms with E-state index in [1.54, 1.807) is 0 Å². The Balaban J connectivity index is 0. The molecule has 3 heteroatoms. The van der Waals surface area contributed by atoms with Crippen molar-refractivity contribution in [3.63, 3.8) is 0 Å². The maximum atomic E-state index is 11.5. The van der Waals surface area contributed by atoms with Crippen molar-refractivity contribution in [3.8, 4) is 0 Å². The third-order valence-electron chi connectivity index (χ3n) is 3.28. The molecule has 0 aromatic heterocycles. The number of ether oxygens (including phenoxy) is 1. The van der Waals surface area contributed by atoms with E-state index in [4.69, 9.17) is 4.74 Å². The quantitative estimate of drug-likeness (QED) is 0.265. The molecule has 0 aliphatic rings. The second kappa shape index (κ2) is 16.3. The van der Waals surface area contributed by atoms with E-state index in [1.165, 1.54) is 44.9 Å². The monoisotopic (exact) mass is 330 g/mol. The van der Waals surface area contributed by atoms with Gasteiger partial charge in [0, 0.05) is 6.42 Å². The van der Waals surface area contributed by atoms with Crippen LogP contribution < -0.4 is 0 Å². The molecule has 0 fully saturated rings. The van der Waals surface area contributed by atoms with E-state index in [1.807, 2.05) is 6.92 Å². The predicted molar refractivity (Wildman–Crippen MR) is 102 cm³/mol. The summed E-state index contributed by atoms with van der Waals surface area (Å²) in [6.07, 6.45) is 12.7. The standard InChI is InChI=1S/C16H32O2.C4H12N/c1-4-6-8-9-10-11-12-14-16(17)18-15(3)13-7-5-2;1-5(2,3)4/h15H,4-14H2,1-3H3;1-4H3/q;+1. The summed E-state index contributed by atoms with van der Waals surface area (Å²) in [5.74, 6) is -0.00726. The molecule has 0 radical (unpaired) electrons. The van der Waals surface area contributed by atoms with Crippen LogP contribution in [0.2, 0.25) is 0 Å². The SMILES string of the molecule is CCCCCCCCCC(=O)OC(C)CCCC.C[N+](C)(C)C. The van der Waals surface area contributed by atoms with Crippen molar-refractivity contribution < 1.29 is 14.0 Å². The summed E-state index contributed by atoms with van der Waals surface area (Å²) in [4.78, 5) is 11.5. The van der Waals surface area contributed by atoms with Crippen LogP contribution in [0, 0.1) is 0 Å². The maximum absolute atomic E-state index is 11.5. The van der Waals surface area contributed by atoms with Crippen molar-refractivity contribution >= 4 is 5.97 Å². The minimum Gasteiger partial charge on any atom is -0.463 e. The van der Waals surface area contributed by atoms with Gasteiger partial charge in [-0.25, -0.2) is 0 Å². The average molecular weight is 331 g/mol. The van der Waals surface area contributed by atoms with Gasteiger partial charge in [-0.15, -0.1) is 0 Å². The van der Waals surface area contributed by atoms with E-state index in [0.717, 1.165) is 23.7 Å². The van der Waals surface area contributed by atoms with Gasteiger partial charge < -0.3 is 9.22 Å². The lowest BCUT2D eigenvalue weighted by Crippen LogP contribution is -2.27. The minimum absolute atomic E-state index is 0.00726. The van der Waals surface area contributed by atoms with E-state index in [9.17, 15) is 4.79 Å². The highest BCUT2D eigenvalue weighted by Gasteiger charge is 2.08. The molecule has 0 heterocycles. The van der Waals surface area contributed by atoms with Gasteiger partial charge in [0.1, 0.15) is 0 Å².